The minimum atomic E-state index is -0.0269. The summed E-state index contributed by atoms with van der Waals surface area (Å²) in [6.45, 7) is 8.81. The first-order chi connectivity index (χ1) is 16.4. The normalized spacial score (nSPS) is 20.1. The van der Waals surface area contributed by atoms with E-state index in [0.29, 0.717) is 35.8 Å². The van der Waals surface area contributed by atoms with Crippen molar-refractivity contribution in [3.05, 3.63) is 35.0 Å². The summed E-state index contributed by atoms with van der Waals surface area (Å²) in [5.41, 5.74) is 1.51. The van der Waals surface area contributed by atoms with Crippen LogP contribution in [0.4, 0.5) is 0 Å². The first-order valence-electron chi connectivity index (χ1n) is 13.0. The number of carbonyl (C=O) groups excluding carboxylic acids is 2. The molecular weight excluding hydrogens is 448 g/mol. The Balaban J connectivity index is 1.21. The Bertz CT molecular complexity index is 974. The molecule has 2 fully saturated rings. The van der Waals surface area contributed by atoms with Crippen LogP contribution in [0, 0.1) is 11.8 Å². The van der Waals surface area contributed by atoms with Crippen LogP contribution in [0.25, 0.3) is 10.9 Å². The summed E-state index contributed by atoms with van der Waals surface area (Å²) in [6, 6.07) is 7.98. The summed E-state index contributed by atoms with van der Waals surface area (Å²) in [5, 5.41) is 4.79. The van der Waals surface area contributed by atoms with Crippen LogP contribution in [0.5, 0.6) is 0 Å². The molecule has 2 atom stereocenters. The first kappa shape index (κ1) is 25.1. The number of piperidine rings is 1. The maximum absolute atomic E-state index is 13.0. The maximum Gasteiger partial charge on any atom is 0.270 e. The molecule has 0 unspecified atom stereocenters. The summed E-state index contributed by atoms with van der Waals surface area (Å²) in [5.74, 6) is 0.459. The Hall–Kier alpha value is -2.05. The third-order valence-corrected chi connectivity index (χ3v) is 8.12. The molecule has 186 valence electrons. The fourth-order valence-electron chi connectivity index (χ4n) is 5.49. The van der Waals surface area contributed by atoms with Crippen LogP contribution in [0.15, 0.2) is 24.3 Å². The Morgan fingerprint density at radius 1 is 1.06 bits per heavy atom. The minimum Gasteiger partial charge on any atom is -0.356 e. The van der Waals surface area contributed by atoms with Gasteiger partial charge in [-0.25, -0.2) is 0 Å². The number of aromatic amines is 1. The highest BCUT2D eigenvalue weighted by molar-refractivity contribution is 6.31. The van der Waals surface area contributed by atoms with E-state index in [1.807, 2.05) is 36.1 Å². The average molecular weight is 487 g/mol. The van der Waals surface area contributed by atoms with Crippen molar-refractivity contribution >= 4 is 34.3 Å². The van der Waals surface area contributed by atoms with Crippen molar-refractivity contribution in [2.45, 2.75) is 64.8 Å². The van der Waals surface area contributed by atoms with Gasteiger partial charge in [-0.2, -0.15) is 0 Å². The molecule has 7 heteroatoms. The van der Waals surface area contributed by atoms with E-state index in [9.17, 15) is 9.59 Å². The van der Waals surface area contributed by atoms with E-state index in [-0.39, 0.29) is 17.7 Å². The number of nitrogens with zero attached hydrogens (tertiary/aromatic N) is 2. The van der Waals surface area contributed by atoms with Crippen molar-refractivity contribution in [2.24, 2.45) is 11.8 Å². The van der Waals surface area contributed by atoms with E-state index in [4.69, 9.17) is 11.6 Å². The number of likely N-dealkylation sites (tertiary alicyclic amines) is 2. The van der Waals surface area contributed by atoms with Crippen molar-refractivity contribution in [1.29, 1.82) is 0 Å². The topological polar surface area (TPSA) is 68.4 Å². The van der Waals surface area contributed by atoms with Crippen molar-refractivity contribution in [2.75, 3.05) is 32.7 Å². The van der Waals surface area contributed by atoms with Crippen molar-refractivity contribution in [3.8, 4) is 0 Å². The highest BCUT2D eigenvalue weighted by Crippen LogP contribution is 2.27. The zero-order chi connectivity index (χ0) is 24.1. The number of nitrogens with one attached hydrogen (secondary N) is 2. The van der Waals surface area contributed by atoms with Gasteiger partial charge >= 0.3 is 0 Å². The van der Waals surface area contributed by atoms with Crippen LogP contribution < -0.4 is 5.32 Å². The van der Waals surface area contributed by atoms with Gasteiger partial charge in [0.25, 0.3) is 5.91 Å². The van der Waals surface area contributed by atoms with Gasteiger partial charge in [0.1, 0.15) is 5.69 Å². The number of amides is 2. The van der Waals surface area contributed by atoms with E-state index >= 15 is 0 Å². The lowest BCUT2D eigenvalue weighted by molar-refractivity contribution is -0.126. The molecule has 1 aromatic heterocycles. The second-order valence-electron chi connectivity index (χ2n) is 10.2. The van der Waals surface area contributed by atoms with Crippen LogP contribution in [0.2, 0.25) is 5.02 Å². The van der Waals surface area contributed by atoms with Gasteiger partial charge in [-0.15, -0.1) is 0 Å². The Kier molecular flexibility index (Phi) is 8.54. The highest BCUT2D eigenvalue weighted by atomic mass is 35.5. The molecule has 0 saturated carbocycles. The lowest BCUT2D eigenvalue weighted by atomic mass is 9.84. The number of fused-ring (bicyclic) bond motifs is 1. The van der Waals surface area contributed by atoms with Crippen molar-refractivity contribution in [1.82, 2.24) is 20.1 Å². The summed E-state index contributed by atoms with van der Waals surface area (Å²) in [6.07, 6.45) is 8.00. The van der Waals surface area contributed by atoms with Crippen LogP contribution in [0.1, 0.15) is 69.3 Å². The molecule has 0 aliphatic carbocycles. The van der Waals surface area contributed by atoms with Gasteiger partial charge in [-0.3, -0.25) is 9.59 Å². The largest absolute Gasteiger partial charge is 0.356 e. The summed E-state index contributed by atoms with van der Waals surface area (Å²) >= 11 is 6.07. The lowest BCUT2D eigenvalue weighted by Crippen LogP contribution is -2.43. The molecule has 0 bridgehead atoms. The highest BCUT2D eigenvalue weighted by Gasteiger charge is 2.30. The zero-order valence-corrected chi connectivity index (χ0v) is 21.4. The van der Waals surface area contributed by atoms with Gasteiger partial charge in [0.05, 0.1) is 0 Å². The van der Waals surface area contributed by atoms with Gasteiger partial charge in [-0.05, 0) is 82.3 Å². The third kappa shape index (κ3) is 6.14. The molecule has 2 aliphatic rings. The average Bonchev–Trinajstić information content (AvgIpc) is 3.07. The Morgan fingerprint density at radius 2 is 1.76 bits per heavy atom. The molecule has 2 saturated heterocycles. The monoisotopic (exact) mass is 486 g/mol. The molecule has 2 aromatic rings. The molecule has 34 heavy (non-hydrogen) atoms. The molecule has 6 nitrogen and oxygen atoms in total. The smallest absolute Gasteiger partial charge is 0.270 e. The molecule has 4 rings (SSSR count). The van der Waals surface area contributed by atoms with Crippen LogP contribution >= 0.6 is 11.6 Å². The van der Waals surface area contributed by atoms with E-state index in [0.717, 1.165) is 36.7 Å². The van der Waals surface area contributed by atoms with Gasteiger partial charge < -0.3 is 20.1 Å². The number of H-pyrrole nitrogens is 1. The van der Waals surface area contributed by atoms with E-state index in [1.54, 1.807) is 0 Å². The third-order valence-electron chi connectivity index (χ3n) is 7.89. The zero-order valence-electron chi connectivity index (χ0n) is 20.6. The molecule has 2 N–H and O–H groups in total. The number of halogens is 1. The predicted molar refractivity (Wildman–Crippen MR) is 138 cm³/mol. The van der Waals surface area contributed by atoms with Gasteiger partial charge in [-0.1, -0.05) is 31.4 Å². The number of aromatic nitrogens is 1. The Labute approximate surface area is 208 Å². The molecule has 2 aliphatic heterocycles. The fourth-order valence-corrected chi connectivity index (χ4v) is 5.67. The number of hydrogen-bond acceptors (Lipinski definition) is 3. The molecule has 1 aromatic carbocycles. The fraction of sp³-hybridized carbons (Fsp3) is 0.630. The maximum atomic E-state index is 13.0. The molecular formula is C27H39ClN4O2. The van der Waals surface area contributed by atoms with Gasteiger partial charge in [0.2, 0.25) is 5.91 Å². The minimum absolute atomic E-state index is 0.0189. The van der Waals surface area contributed by atoms with Crippen molar-refractivity contribution in [3.63, 3.8) is 0 Å². The molecule has 0 radical (unpaired) electrons. The first-order valence-corrected chi connectivity index (χ1v) is 13.4. The van der Waals surface area contributed by atoms with Crippen LogP contribution in [0.3, 0.4) is 0 Å². The number of hydrogen-bond donors (Lipinski definition) is 2. The standard InChI is InChI=1S/C27H39ClN4O2/c1-19(31-13-5-3-4-6-14-31)9-12-29-26(33)20(2)21-10-15-32(16-11-21)27(34)25-18-22-17-23(28)7-8-24(22)30-25/h7-8,17-21,30H,3-6,9-16H2,1-2H3,(H,29,33)/t19-,20+/m1/s1. The summed E-state index contributed by atoms with van der Waals surface area (Å²) in [7, 11) is 0. The number of benzene rings is 1. The van der Waals surface area contributed by atoms with Crippen molar-refractivity contribution < 1.29 is 9.59 Å². The SMILES string of the molecule is C[C@H](C(=O)NCC[C@@H](C)N1CCCCCC1)C1CCN(C(=O)c2cc3cc(Cl)ccc3[nH]2)CC1. The number of rotatable bonds is 7. The van der Waals surface area contributed by atoms with Gasteiger partial charge in [0.15, 0.2) is 0 Å². The predicted octanol–water partition coefficient (Wildman–Crippen LogP) is 5.08. The quantitative estimate of drug-likeness (QED) is 0.573. The van der Waals surface area contributed by atoms with Crippen LogP contribution in [-0.2, 0) is 4.79 Å². The lowest BCUT2D eigenvalue weighted by Gasteiger charge is -2.34. The van der Waals surface area contributed by atoms with E-state index < -0.39 is 0 Å². The van der Waals surface area contributed by atoms with Gasteiger partial charge in [0, 0.05) is 47.5 Å². The summed E-state index contributed by atoms with van der Waals surface area (Å²) < 4.78 is 0. The van der Waals surface area contributed by atoms with E-state index in [1.165, 1.54) is 38.8 Å². The molecule has 2 amide bonds. The molecule has 3 heterocycles. The second-order valence-corrected chi connectivity index (χ2v) is 10.6. The van der Waals surface area contributed by atoms with E-state index in [2.05, 4.69) is 22.1 Å². The Morgan fingerprint density at radius 3 is 2.47 bits per heavy atom. The summed E-state index contributed by atoms with van der Waals surface area (Å²) in [4.78, 5) is 33.5. The van der Waals surface area contributed by atoms with Crippen LogP contribution in [-0.4, -0.2) is 65.4 Å². The second kappa shape index (κ2) is 11.6. The molecule has 0 spiro atoms. The number of carbonyl (C=O) groups is 2.